The second-order valence-corrected chi connectivity index (χ2v) is 14.1. The number of nitrogens with two attached hydrogens (primary N) is 2. The number of aromatic nitrogens is 12. The number of hydrogen-bond acceptors (Lipinski definition) is 22. The van der Waals surface area contributed by atoms with Crippen LogP contribution in [0.15, 0.2) is 128 Å². The van der Waals surface area contributed by atoms with Gasteiger partial charge in [-0.1, -0.05) is 16.8 Å². The number of pyridine rings is 3. The van der Waals surface area contributed by atoms with Crippen molar-refractivity contribution in [2.45, 2.75) is 18.5 Å². The van der Waals surface area contributed by atoms with Gasteiger partial charge in [-0.3, -0.25) is 25.6 Å². The Morgan fingerprint density at radius 3 is 1.25 bits per heavy atom. The summed E-state index contributed by atoms with van der Waals surface area (Å²) in [6, 6.07) is 18.9. The van der Waals surface area contributed by atoms with Gasteiger partial charge in [0.2, 0.25) is 0 Å². The lowest BCUT2D eigenvalue weighted by molar-refractivity contribution is -0.138. The van der Waals surface area contributed by atoms with E-state index in [1.165, 1.54) is 73.2 Å². The molecule has 0 fully saturated rings. The third-order valence-corrected chi connectivity index (χ3v) is 8.80. The number of nitrogens with zero attached hydrogens (tertiary/aromatic N) is 15. The number of halogens is 10. The molecule has 0 amide bonds. The van der Waals surface area contributed by atoms with Gasteiger partial charge >= 0.3 is 30.6 Å². The smallest absolute Gasteiger partial charge is 0.417 e. The molecule has 0 saturated carbocycles. The molecule has 9 aromatic rings. The normalized spacial score (nSPS) is 11.3. The van der Waals surface area contributed by atoms with Gasteiger partial charge < -0.3 is 29.9 Å². The number of rotatable bonds is 8. The van der Waals surface area contributed by atoms with Crippen LogP contribution in [0.5, 0.6) is 0 Å². The van der Waals surface area contributed by atoms with Crippen LogP contribution in [0.3, 0.4) is 0 Å². The van der Waals surface area contributed by atoms with E-state index in [0.717, 1.165) is 30.6 Å². The Hall–Kier alpha value is -10.4. The molecular formula is C42H25ClF9N19O4. The van der Waals surface area contributed by atoms with Crippen LogP contribution in [0, 0.1) is 22.7 Å². The van der Waals surface area contributed by atoms with Crippen LogP contribution in [-0.4, -0.2) is 71.5 Å². The quantitative estimate of drug-likeness (QED) is 0.0311. The maximum atomic E-state index is 12.5. The van der Waals surface area contributed by atoms with Crippen LogP contribution in [0.25, 0.3) is 34.4 Å². The lowest BCUT2D eigenvalue weighted by Gasteiger charge is -2.05. The Morgan fingerprint density at radius 2 is 0.933 bits per heavy atom. The van der Waals surface area contributed by atoms with Crippen molar-refractivity contribution in [2.24, 2.45) is 10.9 Å². The number of nitrogens with one attached hydrogen (secondary N) is 2. The van der Waals surface area contributed by atoms with E-state index in [-0.39, 0.29) is 81.1 Å². The second-order valence-electron chi connectivity index (χ2n) is 13.7. The van der Waals surface area contributed by atoms with Gasteiger partial charge in [0.05, 0.1) is 35.3 Å². The molecule has 0 atom stereocenters. The number of alkyl halides is 9. The predicted octanol–water partition coefficient (Wildman–Crippen LogP) is 8.88. The van der Waals surface area contributed by atoms with E-state index >= 15 is 0 Å². The molecule has 75 heavy (non-hydrogen) atoms. The van der Waals surface area contributed by atoms with E-state index in [9.17, 15) is 39.5 Å². The molecule has 0 bridgehead atoms. The second kappa shape index (κ2) is 23.7. The van der Waals surface area contributed by atoms with E-state index in [4.69, 9.17) is 52.1 Å². The van der Waals surface area contributed by atoms with Crippen LogP contribution in [0.4, 0.5) is 69.2 Å². The maximum Gasteiger partial charge on any atom is 0.417 e. The monoisotopic (exact) mass is 1070 g/mol. The molecule has 9 aromatic heterocycles. The molecule has 33 heteroatoms. The first-order chi connectivity index (χ1) is 35.6. The van der Waals surface area contributed by atoms with Crippen molar-refractivity contribution in [3.63, 3.8) is 0 Å². The van der Waals surface area contributed by atoms with E-state index in [2.05, 4.69) is 76.3 Å². The van der Waals surface area contributed by atoms with Crippen LogP contribution in [0.2, 0.25) is 5.15 Å². The highest BCUT2D eigenvalue weighted by Gasteiger charge is 2.32. The molecular weight excluding hydrogens is 1040 g/mol. The fourth-order valence-electron chi connectivity index (χ4n) is 5.07. The molecule has 0 spiro atoms. The summed E-state index contributed by atoms with van der Waals surface area (Å²) in [4.78, 5) is 22.5. The van der Waals surface area contributed by atoms with Crippen LogP contribution >= 0.6 is 11.6 Å². The van der Waals surface area contributed by atoms with Gasteiger partial charge in [0.1, 0.15) is 34.9 Å². The zero-order valence-electron chi connectivity index (χ0n) is 36.7. The Morgan fingerprint density at radius 1 is 0.520 bits per heavy atom. The zero-order chi connectivity index (χ0) is 54.3. The average molecular weight is 1070 g/mol. The maximum absolute atomic E-state index is 12.5. The number of amidine groups is 1. The third kappa shape index (κ3) is 15.6. The van der Waals surface area contributed by atoms with Crippen molar-refractivity contribution in [1.29, 1.82) is 10.5 Å². The SMILES string of the molecule is N#Cc1ccc(Cl)nn1.N#Cc1ccc(Nc2ncc(-c3ccc(C(F)(F)F)cn3)o2)nn1.N/C(=N\O)c1ccc(Nc2ncc(-c3ccc(C(F)(F)F)cn3)o2)nn1.Nc1ncc(-c2ccc(C(F)(F)F)cn2)o1. The Labute approximate surface area is 416 Å². The molecule has 0 aliphatic heterocycles. The number of nitrogen functional groups attached to an aromatic ring is 1. The topological polar surface area (TPSA) is 350 Å². The summed E-state index contributed by atoms with van der Waals surface area (Å²) in [6.07, 6.45) is -7.24. The highest BCUT2D eigenvalue weighted by Crippen LogP contribution is 2.33. The number of hydrogen-bond donors (Lipinski definition) is 5. The minimum absolute atomic E-state index is 0.0348. The van der Waals surface area contributed by atoms with Gasteiger partial charge in [-0.2, -0.15) is 50.0 Å². The molecule has 382 valence electrons. The summed E-state index contributed by atoms with van der Waals surface area (Å²) in [5, 5.41) is 55.7. The number of oxime groups is 1. The predicted molar refractivity (Wildman–Crippen MR) is 238 cm³/mol. The summed E-state index contributed by atoms with van der Waals surface area (Å²) in [7, 11) is 0. The first-order valence-corrected chi connectivity index (χ1v) is 20.2. The average Bonchev–Trinajstić information content (AvgIpc) is 4.19. The number of oxazole rings is 3. The van der Waals surface area contributed by atoms with Crippen molar-refractivity contribution in [3.8, 4) is 46.5 Å². The van der Waals surface area contributed by atoms with Crippen molar-refractivity contribution in [1.82, 2.24) is 60.5 Å². The molecule has 0 radical (unpaired) electrons. The van der Waals surface area contributed by atoms with Crippen molar-refractivity contribution in [3.05, 3.63) is 149 Å². The molecule has 23 nitrogen and oxygen atoms in total. The molecule has 0 unspecified atom stereocenters. The Bertz CT molecular complexity index is 3400. The van der Waals surface area contributed by atoms with Gasteiger partial charge in [0, 0.05) is 18.6 Å². The molecule has 0 saturated heterocycles. The van der Waals surface area contributed by atoms with Gasteiger partial charge in [-0.25, -0.2) is 15.0 Å². The highest BCUT2D eigenvalue weighted by atomic mass is 35.5. The highest BCUT2D eigenvalue weighted by molar-refractivity contribution is 6.29. The standard InChI is InChI=1S/C14H10F3N7O2.C14H7F3N6O.C9H6F3N3O.C5H2ClN3/c15-14(16,17)7-1-2-8(19-5-7)10-6-20-13(26-10)21-11-4-3-9(22-23-11)12(18)24-25;15-14(16,17)8-1-3-10(19-6-8)11-7-20-13(24-11)21-12-4-2-9(5-18)22-23-12;10-9(11,12)5-1-2-6(14-3-5)7-4-15-8(13)16-7;6-5-2-1-4(3-7)8-9-5/h1-6,25H,(H2,18,24)(H,20,21,23);1-4,6-7H,(H,20,21,23);1-4H,(H2,13,15);1-2H. The molecule has 9 heterocycles. The summed E-state index contributed by atoms with van der Waals surface area (Å²) in [5.74, 6) is 0.938. The lowest BCUT2D eigenvalue weighted by atomic mass is 10.2. The zero-order valence-corrected chi connectivity index (χ0v) is 37.5. The van der Waals surface area contributed by atoms with Gasteiger partial charge in [0.15, 0.2) is 51.3 Å². The first-order valence-electron chi connectivity index (χ1n) is 19.8. The van der Waals surface area contributed by atoms with E-state index < -0.39 is 35.2 Å². The van der Waals surface area contributed by atoms with Crippen LogP contribution in [-0.2, 0) is 18.5 Å². The van der Waals surface area contributed by atoms with Gasteiger partial charge in [-0.05, 0) is 72.8 Å². The first kappa shape index (κ1) is 54.0. The lowest BCUT2D eigenvalue weighted by Crippen LogP contribution is -2.15. The van der Waals surface area contributed by atoms with Crippen molar-refractivity contribution >= 4 is 47.1 Å². The summed E-state index contributed by atoms with van der Waals surface area (Å²) in [6.45, 7) is 0. The number of nitriles is 2. The summed E-state index contributed by atoms with van der Waals surface area (Å²) >= 11 is 5.39. The van der Waals surface area contributed by atoms with Crippen LogP contribution in [0.1, 0.15) is 33.8 Å². The summed E-state index contributed by atoms with van der Waals surface area (Å²) < 4.78 is 127. The number of anilines is 5. The Balaban J connectivity index is 0.000000172. The Kier molecular flexibility index (Phi) is 17.1. The van der Waals surface area contributed by atoms with Gasteiger partial charge in [0.25, 0.3) is 6.01 Å². The molecule has 7 N–H and O–H groups in total. The molecule has 9 rings (SSSR count). The fraction of sp³-hybridized carbons (Fsp3) is 0.0714. The van der Waals surface area contributed by atoms with Crippen LogP contribution < -0.4 is 22.1 Å². The van der Waals surface area contributed by atoms with E-state index in [1.54, 1.807) is 0 Å². The van der Waals surface area contributed by atoms with E-state index in [1.807, 2.05) is 12.1 Å². The molecule has 0 aliphatic carbocycles. The van der Waals surface area contributed by atoms with Crippen molar-refractivity contribution < 1.29 is 58.0 Å². The van der Waals surface area contributed by atoms with Crippen molar-refractivity contribution in [2.75, 3.05) is 16.4 Å². The fourth-order valence-corrected chi connectivity index (χ4v) is 5.17. The minimum atomic E-state index is -4.46. The molecule has 0 aromatic carbocycles. The summed E-state index contributed by atoms with van der Waals surface area (Å²) in [5.41, 5.74) is 9.31. The third-order valence-electron chi connectivity index (χ3n) is 8.60. The minimum Gasteiger partial charge on any atom is -0.422 e. The molecule has 0 aliphatic rings. The van der Waals surface area contributed by atoms with E-state index in [0.29, 0.717) is 17.2 Å². The van der Waals surface area contributed by atoms with Gasteiger partial charge in [-0.15, -0.1) is 30.6 Å². The largest absolute Gasteiger partial charge is 0.422 e.